The van der Waals surface area contributed by atoms with Gasteiger partial charge in [0.25, 0.3) is 0 Å². The molecule has 0 saturated heterocycles. The van der Waals surface area contributed by atoms with Crippen LogP contribution in [-0.4, -0.2) is 35.9 Å². The minimum atomic E-state index is -3.22. The Morgan fingerprint density at radius 3 is 2.87 bits per heavy atom. The monoisotopic (exact) mass is 233 g/mol. The van der Waals surface area contributed by atoms with E-state index >= 15 is 0 Å². The predicted octanol–water partition coefficient (Wildman–Crippen LogP) is -1.04. The number of unbranched alkanes of at least 4 members (excludes halogenated alkanes) is 1. The lowest BCUT2D eigenvalue weighted by Crippen LogP contribution is -2.26. The van der Waals surface area contributed by atoms with E-state index in [1.54, 1.807) is 0 Å². The summed E-state index contributed by atoms with van der Waals surface area (Å²) in [5, 5.41) is 6.18. The molecular formula is C7H15N5O2S. The van der Waals surface area contributed by atoms with Crippen molar-refractivity contribution in [3.05, 3.63) is 12.2 Å². The van der Waals surface area contributed by atoms with Gasteiger partial charge in [0.15, 0.2) is 0 Å². The van der Waals surface area contributed by atoms with E-state index in [2.05, 4.69) is 19.9 Å². The first kappa shape index (κ1) is 12.1. The first-order chi connectivity index (χ1) is 7.14. The zero-order chi connectivity index (χ0) is 11.1. The van der Waals surface area contributed by atoms with Gasteiger partial charge in [-0.15, -0.1) is 0 Å². The minimum absolute atomic E-state index is 0.0956. The van der Waals surface area contributed by atoms with Crippen LogP contribution in [0.25, 0.3) is 0 Å². The van der Waals surface area contributed by atoms with Crippen molar-refractivity contribution in [3.63, 3.8) is 0 Å². The summed E-state index contributed by atoms with van der Waals surface area (Å²) in [5.74, 6) is 0.593. The second-order valence-corrected chi connectivity index (χ2v) is 4.99. The van der Waals surface area contributed by atoms with Gasteiger partial charge in [0, 0.05) is 0 Å². The zero-order valence-corrected chi connectivity index (χ0v) is 9.13. The second-order valence-electron chi connectivity index (χ2n) is 3.07. The number of aromatic amines is 1. The van der Waals surface area contributed by atoms with Gasteiger partial charge in [0.2, 0.25) is 10.0 Å². The summed E-state index contributed by atoms with van der Waals surface area (Å²) in [6.45, 7) is 0.655. The quantitative estimate of drug-likeness (QED) is 0.521. The molecular weight excluding hydrogens is 218 g/mol. The van der Waals surface area contributed by atoms with Crippen molar-refractivity contribution in [1.29, 1.82) is 0 Å². The van der Waals surface area contributed by atoms with Crippen molar-refractivity contribution < 1.29 is 8.42 Å². The standard InChI is InChI=1S/C7H15N5O2S/c8-3-1-2-4-15(13,14)11-5-7-9-6-10-12-7/h6,11H,1-5,8H2,(H,9,10,12). The van der Waals surface area contributed by atoms with Crippen molar-refractivity contribution in [1.82, 2.24) is 19.9 Å². The van der Waals surface area contributed by atoms with Crippen LogP contribution in [0.4, 0.5) is 0 Å². The molecule has 1 rings (SSSR count). The fourth-order valence-electron chi connectivity index (χ4n) is 1.00. The normalized spacial score (nSPS) is 11.8. The van der Waals surface area contributed by atoms with Crippen molar-refractivity contribution >= 4 is 10.0 Å². The third-order valence-corrected chi connectivity index (χ3v) is 3.20. The van der Waals surface area contributed by atoms with Crippen molar-refractivity contribution in [2.45, 2.75) is 19.4 Å². The predicted molar refractivity (Wildman–Crippen MR) is 55.3 cm³/mol. The van der Waals surface area contributed by atoms with Gasteiger partial charge in [0.1, 0.15) is 12.2 Å². The molecule has 0 bridgehead atoms. The SMILES string of the molecule is NCCCCS(=O)(=O)NCc1ncn[nH]1. The second kappa shape index (κ2) is 5.79. The lowest BCUT2D eigenvalue weighted by molar-refractivity contribution is 0.575. The van der Waals surface area contributed by atoms with Gasteiger partial charge in [-0.3, -0.25) is 5.10 Å². The third kappa shape index (κ3) is 4.86. The first-order valence-corrected chi connectivity index (χ1v) is 6.31. The van der Waals surface area contributed by atoms with Crippen LogP contribution in [0.15, 0.2) is 6.33 Å². The number of aromatic nitrogens is 3. The van der Waals surface area contributed by atoms with Crippen LogP contribution >= 0.6 is 0 Å². The molecule has 0 fully saturated rings. The summed E-state index contributed by atoms with van der Waals surface area (Å²) in [6, 6.07) is 0. The number of nitrogens with two attached hydrogens (primary N) is 1. The molecule has 7 nitrogen and oxygen atoms in total. The number of nitrogens with one attached hydrogen (secondary N) is 2. The Balaban J connectivity index is 2.30. The molecule has 1 aromatic heterocycles. The maximum absolute atomic E-state index is 11.4. The molecule has 0 amide bonds. The Morgan fingerprint density at radius 2 is 2.27 bits per heavy atom. The Morgan fingerprint density at radius 1 is 1.47 bits per heavy atom. The fraction of sp³-hybridized carbons (Fsp3) is 0.714. The highest BCUT2D eigenvalue weighted by Gasteiger charge is 2.09. The molecule has 0 unspecified atom stereocenters. The average molecular weight is 233 g/mol. The van der Waals surface area contributed by atoms with E-state index in [9.17, 15) is 8.42 Å². The lowest BCUT2D eigenvalue weighted by Gasteiger charge is -2.03. The van der Waals surface area contributed by atoms with Gasteiger partial charge >= 0.3 is 0 Å². The molecule has 0 aliphatic heterocycles. The topological polar surface area (TPSA) is 114 Å². The zero-order valence-electron chi connectivity index (χ0n) is 8.31. The maximum Gasteiger partial charge on any atom is 0.212 e. The molecule has 0 aromatic carbocycles. The van der Waals surface area contributed by atoms with Crippen LogP contribution in [-0.2, 0) is 16.6 Å². The molecule has 0 spiro atoms. The van der Waals surface area contributed by atoms with Gasteiger partial charge in [0.05, 0.1) is 12.3 Å². The average Bonchev–Trinajstić information content (AvgIpc) is 2.68. The van der Waals surface area contributed by atoms with E-state index in [0.717, 1.165) is 0 Å². The van der Waals surface area contributed by atoms with E-state index in [0.29, 0.717) is 25.2 Å². The van der Waals surface area contributed by atoms with Crippen molar-refractivity contribution in [2.24, 2.45) is 5.73 Å². The van der Waals surface area contributed by atoms with Gasteiger partial charge in [-0.05, 0) is 19.4 Å². The van der Waals surface area contributed by atoms with Crippen LogP contribution in [0.1, 0.15) is 18.7 Å². The highest BCUT2D eigenvalue weighted by atomic mass is 32.2. The van der Waals surface area contributed by atoms with Crippen LogP contribution in [0.5, 0.6) is 0 Å². The van der Waals surface area contributed by atoms with E-state index in [-0.39, 0.29) is 12.3 Å². The minimum Gasteiger partial charge on any atom is -0.330 e. The molecule has 4 N–H and O–H groups in total. The smallest absolute Gasteiger partial charge is 0.212 e. The summed E-state index contributed by atoms with van der Waals surface area (Å²) in [5.41, 5.74) is 5.27. The summed E-state index contributed by atoms with van der Waals surface area (Å²) in [7, 11) is -3.22. The number of rotatable bonds is 7. The van der Waals surface area contributed by atoms with E-state index in [1.165, 1.54) is 6.33 Å². The van der Waals surface area contributed by atoms with E-state index in [1.807, 2.05) is 0 Å². The molecule has 0 atom stereocenters. The van der Waals surface area contributed by atoms with E-state index in [4.69, 9.17) is 5.73 Å². The first-order valence-electron chi connectivity index (χ1n) is 4.66. The summed E-state index contributed by atoms with van der Waals surface area (Å²) >= 11 is 0. The van der Waals surface area contributed by atoms with Crippen molar-refractivity contribution in [3.8, 4) is 0 Å². The number of H-pyrrole nitrogens is 1. The summed E-state index contributed by atoms with van der Waals surface area (Å²) in [6.07, 6.45) is 2.61. The molecule has 15 heavy (non-hydrogen) atoms. The maximum atomic E-state index is 11.4. The molecule has 1 aromatic rings. The molecule has 1 heterocycles. The Hall–Kier alpha value is -0.990. The number of hydrogen-bond acceptors (Lipinski definition) is 5. The molecule has 0 saturated carbocycles. The Bertz CT molecular complexity index is 361. The molecule has 0 radical (unpaired) electrons. The van der Waals surface area contributed by atoms with Crippen LogP contribution < -0.4 is 10.5 Å². The fourth-order valence-corrected chi connectivity index (χ4v) is 2.09. The lowest BCUT2D eigenvalue weighted by atomic mass is 10.3. The highest BCUT2D eigenvalue weighted by Crippen LogP contribution is 1.94. The third-order valence-electron chi connectivity index (χ3n) is 1.79. The number of sulfonamides is 1. The van der Waals surface area contributed by atoms with Crippen LogP contribution in [0, 0.1) is 0 Å². The van der Waals surface area contributed by atoms with Gasteiger partial charge in [-0.25, -0.2) is 18.1 Å². The molecule has 0 aliphatic rings. The molecule has 8 heteroatoms. The number of hydrogen-bond donors (Lipinski definition) is 3. The largest absolute Gasteiger partial charge is 0.330 e. The summed E-state index contributed by atoms with van der Waals surface area (Å²) in [4.78, 5) is 3.80. The van der Waals surface area contributed by atoms with Gasteiger partial charge in [-0.2, -0.15) is 5.10 Å². The molecule has 86 valence electrons. The van der Waals surface area contributed by atoms with Crippen LogP contribution in [0.3, 0.4) is 0 Å². The molecule has 0 aliphatic carbocycles. The van der Waals surface area contributed by atoms with Crippen molar-refractivity contribution in [2.75, 3.05) is 12.3 Å². The van der Waals surface area contributed by atoms with Crippen LogP contribution in [0.2, 0.25) is 0 Å². The Labute approximate surface area is 88.5 Å². The van der Waals surface area contributed by atoms with Gasteiger partial charge in [-0.1, -0.05) is 0 Å². The van der Waals surface area contributed by atoms with Gasteiger partial charge < -0.3 is 5.73 Å². The van der Waals surface area contributed by atoms with E-state index < -0.39 is 10.0 Å². The highest BCUT2D eigenvalue weighted by molar-refractivity contribution is 7.89. The number of nitrogens with zero attached hydrogens (tertiary/aromatic N) is 2. The summed E-state index contributed by atoms with van der Waals surface area (Å²) < 4.78 is 25.2. The Kier molecular flexibility index (Phi) is 4.66.